The van der Waals surface area contributed by atoms with Gasteiger partial charge in [-0.3, -0.25) is 0 Å². The van der Waals surface area contributed by atoms with Crippen molar-refractivity contribution in [3.63, 3.8) is 0 Å². The van der Waals surface area contributed by atoms with Gasteiger partial charge in [-0.25, -0.2) is 0 Å². The Bertz CT molecular complexity index is 1330. The highest BCUT2D eigenvalue weighted by Gasteiger charge is 2.28. The van der Waals surface area contributed by atoms with Crippen molar-refractivity contribution in [1.82, 2.24) is 0 Å². The van der Waals surface area contributed by atoms with Crippen molar-refractivity contribution in [2.24, 2.45) is 0 Å². The van der Waals surface area contributed by atoms with E-state index in [2.05, 4.69) is 117 Å². The standard InChI is InChI=1S/C34H32O2/c1-25-13-17-29(18-14-25)31-21-34(36-24-28-11-7-4-8-12-28)32(30-19-15-26(2)16-20-30)22-33(31)35-23-27-9-5-3-6-10-27/h3-21,32H,22-24H2,1-2H3. The summed E-state index contributed by atoms with van der Waals surface area (Å²) in [4.78, 5) is 0. The molecule has 4 aromatic carbocycles. The smallest absolute Gasteiger partial charge is 0.113 e. The maximum atomic E-state index is 6.53. The Hall–Kier alpha value is -4.04. The van der Waals surface area contributed by atoms with Crippen LogP contribution in [0, 0.1) is 13.8 Å². The van der Waals surface area contributed by atoms with Crippen LogP contribution in [0.5, 0.6) is 0 Å². The molecule has 1 aliphatic rings. The number of benzene rings is 4. The fourth-order valence-corrected chi connectivity index (χ4v) is 4.54. The van der Waals surface area contributed by atoms with Gasteiger partial charge in [0.2, 0.25) is 0 Å². The number of hydrogen-bond acceptors (Lipinski definition) is 2. The first-order valence-electron chi connectivity index (χ1n) is 12.6. The molecule has 0 fully saturated rings. The van der Waals surface area contributed by atoms with E-state index in [-0.39, 0.29) is 5.92 Å². The molecule has 0 N–H and O–H groups in total. The summed E-state index contributed by atoms with van der Waals surface area (Å²) in [5.74, 6) is 2.07. The Labute approximate surface area is 214 Å². The van der Waals surface area contributed by atoms with E-state index in [1.54, 1.807) is 0 Å². The summed E-state index contributed by atoms with van der Waals surface area (Å²) in [5, 5.41) is 0. The van der Waals surface area contributed by atoms with Gasteiger partial charge in [-0.15, -0.1) is 0 Å². The minimum Gasteiger partial charge on any atom is -0.493 e. The van der Waals surface area contributed by atoms with Crippen molar-refractivity contribution in [2.75, 3.05) is 0 Å². The van der Waals surface area contributed by atoms with Crippen molar-refractivity contribution in [3.05, 3.63) is 160 Å². The zero-order chi connectivity index (χ0) is 24.7. The average molecular weight is 473 g/mol. The summed E-state index contributed by atoms with van der Waals surface area (Å²) in [6.45, 7) is 5.32. The molecule has 0 aromatic heterocycles. The quantitative estimate of drug-likeness (QED) is 0.256. The predicted octanol–water partition coefficient (Wildman–Crippen LogP) is 8.52. The molecular weight excluding hydrogens is 440 g/mol. The van der Waals surface area contributed by atoms with Crippen LogP contribution < -0.4 is 0 Å². The van der Waals surface area contributed by atoms with E-state index in [4.69, 9.17) is 9.47 Å². The molecule has 1 atom stereocenters. The molecule has 36 heavy (non-hydrogen) atoms. The molecule has 1 unspecified atom stereocenters. The van der Waals surface area contributed by atoms with E-state index in [0.717, 1.165) is 40.2 Å². The lowest BCUT2D eigenvalue weighted by Crippen LogP contribution is -2.14. The van der Waals surface area contributed by atoms with Gasteiger partial charge >= 0.3 is 0 Å². The van der Waals surface area contributed by atoms with Crippen molar-refractivity contribution in [1.29, 1.82) is 0 Å². The highest BCUT2D eigenvalue weighted by molar-refractivity contribution is 5.78. The van der Waals surface area contributed by atoms with Gasteiger partial charge < -0.3 is 9.47 Å². The molecule has 0 amide bonds. The van der Waals surface area contributed by atoms with E-state index < -0.39 is 0 Å². The summed E-state index contributed by atoms with van der Waals surface area (Å²) in [7, 11) is 0. The van der Waals surface area contributed by atoms with Gasteiger partial charge in [0.05, 0.1) is 0 Å². The molecule has 0 saturated carbocycles. The van der Waals surface area contributed by atoms with E-state index in [0.29, 0.717) is 13.2 Å². The molecule has 4 aromatic rings. The van der Waals surface area contributed by atoms with Gasteiger partial charge in [-0.1, -0.05) is 120 Å². The lowest BCUT2D eigenvalue weighted by molar-refractivity contribution is 0.155. The van der Waals surface area contributed by atoms with Crippen LogP contribution in [0.2, 0.25) is 0 Å². The first kappa shape index (κ1) is 23.7. The van der Waals surface area contributed by atoms with Crippen LogP contribution in [0.1, 0.15) is 45.7 Å². The topological polar surface area (TPSA) is 18.5 Å². The summed E-state index contributed by atoms with van der Waals surface area (Å²) in [6.07, 6.45) is 2.95. The van der Waals surface area contributed by atoms with Crippen molar-refractivity contribution >= 4 is 5.57 Å². The van der Waals surface area contributed by atoms with Gasteiger partial charge in [0, 0.05) is 17.9 Å². The Morgan fingerprint density at radius 3 is 1.72 bits per heavy atom. The lowest BCUT2D eigenvalue weighted by Gasteiger charge is -2.29. The average Bonchev–Trinajstić information content (AvgIpc) is 2.93. The molecule has 1 aliphatic carbocycles. The fraction of sp³-hybridized carbons (Fsp3) is 0.176. The van der Waals surface area contributed by atoms with Crippen LogP contribution in [0.4, 0.5) is 0 Å². The monoisotopic (exact) mass is 472 g/mol. The number of hydrogen-bond donors (Lipinski definition) is 0. The number of allylic oxidation sites excluding steroid dienone is 4. The summed E-state index contributed by atoms with van der Waals surface area (Å²) in [5.41, 5.74) is 8.29. The van der Waals surface area contributed by atoms with Crippen LogP contribution in [0.15, 0.2) is 127 Å². The molecule has 0 spiro atoms. The second kappa shape index (κ2) is 11.1. The Kier molecular flexibility index (Phi) is 7.33. The molecule has 2 heteroatoms. The van der Waals surface area contributed by atoms with E-state index in [9.17, 15) is 0 Å². The van der Waals surface area contributed by atoms with E-state index in [1.165, 1.54) is 16.7 Å². The Morgan fingerprint density at radius 1 is 0.611 bits per heavy atom. The number of rotatable bonds is 8. The highest BCUT2D eigenvalue weighted by Crippen LogP contribution is 2.41. The third kappa shape index (κ3) is 5.78. The molecule has 5 rings (SSSR count). The largest absolute Gasteiger partial charge is 0.493 e. The highest BCUT2D eigenvalue weighted by atomic mass is 16.5. The van der Waals surface area contributed by atoms with Crippen molar-refractivity contribution < 1.29 is 9.47 Å². The molecule has 0 radical (unpaired) electrons. The summed E-state index contributed by atoms with van der Waals surface area (Å²) >= 11 is 0. The first-order chi connectivity index (χ1) is 17.7. The fourth-order valence-electron chi connectivity index (χ4n) is 4.54. The van der Waals surface area contributed by atoms with Crippen LogP contribution in [-0.4, -0.2) is 0 Å². The predicted molar refractivity (Wildman–Crippen MR) is 147 cm³/mol. The maximum absolute atomic E-state index is 6.53. The van der Waals surface area contributed by atoms with E-state index >= 15 is 0 Å². The molecule has 0 saturated heterocycles. The Balaban J connectivity index is 1.53. The second-order valence-electron chi connectivity index (χ2n) is 9.47. The summed E-state index contributed by atoms with van der Waals surface area (Å²) < 4.78 is 13.1. The minimum absolute atomic E-state index is 0.0919. The lowest BCUT2D eigenvalue weighted by atomic mass is 9.84. The third-order valence-corrected chi connectivity index (χ3v) is 6.67. The molecule has 0 aliphatic heterocycles. The van der Waals surface area contributed by atoms with Crippen molar-refractivity contribution in [3.8, 4) is 0 Å². The molecular formula is C34H32O2. The van der Waals surface area contributed by atoms with E-state index in [1.807, 2.05) is 12.1 Å². The molecule has 180 valence electrons. The van der Waals surface area contributed by atoms with Gasteiger partial charge in [0.25, 0.3) is 0 Å². The zero-order valence-corrected chi connectivity index (χ0v) is 21.0. The maximum Gasteiger partial charge on any atom is 0.113 e. The number of aryl methyl sites for hydroxylation is 2. The molecule has 2 nitrogen and oxygen atoms in total. The van der Waals surface area contributed by atoms with Crippen LogP contribution in [-0.2, 0) is 22.7 Å². The minimum atomic E-state index is 0.0919. The summed E-state index contributed by atoms with van der Waals surface area (Å²) in [6, 6.07) is 38.2. The molecule has 0 heterocycles. The molecule has 0 bridgehead atoms. The Morgan fingerprint density at radius 2 is 1.14 bits per heavy atom. The zero-order valence-electron chi connectivity index (χ0n) is 21.0. The SMILES string of the molecule is Cc1ccc(C2=C(OCc3ccccc3)CC(c3ccc(C)cc3)C(OCc3ccccc3)=C2)cc1. The number of ether oxygens (including phenoxy) is 2. The van der Waals surface area contributed by atoms with Gasteiger partial charge in [0.15, 0.2) is 0 Å². The normalized spacial score (nSPS) is 15.4. The van der Waals surface area contributed by atoms with Crippen LogP contribution in [0.25, 0.3) is 5.57 Å². The van der Waals surface area contributed by atoms with Crippen LogP contribution in [0.3, 0.4) is 0 Å². The van der Waals surface area contributed by atoms with Gasteiger partial charge in [0.1, 0.15) is 24.7 Å². The third-order valence-electron chi connectivity index (χ3n) is 6.67. The second-order valence-corrected chi connectivity index (χ2v) is 9.47. The first-order valence-corrected chi connectivity index (χ1v) is 12.6. The van der Waals surface area contributed by atoms with Crippen LogP contribution >= 0.6 is 0 Å². The van der Waals surface area contributed by atoms with Crippen molar-refractivity contribution in [2.45, 2.75) is 39.4 Å². The van der Waals surface area contributed by atoms with Gasteiger partial charge in [-0.05, 0) is 42.2 Å². The van der Waals surface area contributed by atoms with Gasteiger partial charge in [-0.2, -0.15) is 0 Å².